The number of benzene rings is 2. The predicted molar refractivity (Wildman–Crippen MR) is 98.4 cm³/mol. The van der Waals surface area contributed by atoms with E-state index in [9.17, 15) is 4.79 Å². The molecule has 2 amide bonds. The van der Waals surface area contributed by atoms with E-state index < -0.39 is 0 Å². The molecule has 1 N–H and O–H groups in total. The second-order valence-corrected chi connectivity index (χ2v) is 7.04. The Bertz CT molecular complexity index is 773. The van der Waals surface area contributed by atoms with Crippen molar-refractivity contribution >= 4 is 35.1 Å². The van der Waals surface area contributed by atoms with Gasteiger partial charge in [0.05, 0.1) is 17.7 Å². The predicted octanol–water partition coefficient (Wildman–Crippen LogP) is 4.53. The van der Waals surface area contributed by atoms with Crippen LogP contribution >= 0.6 is 23.4 Å². The van der Waals surface area contributed by atoms with Gasteiger partial charge in [0.15, 0.2) is 0 Å². The third-order valence-corrected chi connectivity index (χ3v) is 5.16. The molecule has 0 spiro atoms. The van der Waals surface area contributed by atoms with E-state index in [0.29, 0.717) is 22.8 Å². The van der Waals surface area contributed by atoms with Crippen LogP contribution in [0, 0.1) is 11.3 Å². The maximum atomic E-state index is 12.7. The maximum absolute atomic E-state index is 12.7. The third-order valence-electron chi connectivity index (χ3n) is 3.89. The van der Waals surface area contributed by atoms with Crippen molar-refractivity contribution in [2.45, 2.75) is 6.04 Å². The van der Waals surface area contributed by atoms with Crippen LogP contribution in [0.1, 0.15) is 17.2 Å². The van der Waals surface area contributed by atoms with Gasteiger partial charge in [0.25, 0.3) is 0 Å². The van der Waals surface area contributed by atoms with Crippen molar-refractivity contribution in [3.8, 4) is 6.07 Å². The number of urea groups is 1. The molecule has 1 saturated heterocycles. The van der Waals surface area contributed by atoms with Gasteiger partial charge in [-0.3, -0.25) is 0 Å². The Labute approximate surface area is 150 Å². The van der Waals surface area contributed by atoms with Crippen LogP contribution < -0.4 is 5.32 Å². The summed E-state index contributed by atoms with van der Waals surface area (Å²) in [7, 11) is 0. The van der Waals surface area contributed by atoms with Gasteiger partial charge in [0.2, 0.25) is 0 Å². The average molecular weight is 358 g/mol. The van der Waals surface area contributed by atoms with Crippen LogP contribution in [0.2, 0.25) is 5.02 Å². The van der Waals surface area contributed by atoms with Crippen molar-refractivity contribution in [3.63, 3.8) is 0 Å². The summed E-state index contributed by atoms with van der Waals surface area (Å²) in [5, 5.41) is 12.6. The first-order valence-corrected chi connectivity index (χ1v) is 9.11. The van der Waals surface area contributed by atoms with Crippen molar-refractivity contribution < 1.29 is 4.79 Å². The Morgan fingerprint density at radius 3 is 2.83 bits per heavy atom. The zero-order valence-corrected chi connectivity index (χ0v) is 14.5. The summed E-state index contributed by atoms with van der Waals surface area (Å²) in [5.74, 6) is 1.77. The molecule has 4 nitrogen and oxygen atoms in total. The molecule has 1 fully saturated rings. The van der Waals surface area contributed by atoms with E-state index in [0.717, 1.165) is 17.1 Å². The van der Waals surface area contributed by atoms with Crippen molar-refractivity contribution in [1.29, 1.82) is 5.26 Å². The van der Waals surface area contributed by atoms with Crippen molar-refractivity contribution in [2.75, 3.05) is 23.4 Å². The number of hydrogen-bond acceptors (Lipinski definition) is 3. The van der Waals surface area contributed by atoms with Crippen LogP contribution in [0.25, 0.3) is 0 Å². The molecule has 1 atom stereocenters. The van der Waals surface area contributed by atoms with Gasteiger partial charge in [-0.2, -0.15) is 17.0 Å². The summed E-state index contributed by atoms with van der Waals surface area (Å²) >= 11 is 7.80. The Kier molecular flexibility index (Phi) is 5.29. The lowest BCUT2D eigenvalue weighted by atomic mass is 10.1. The van der Waals surface area contributed by atoms with Crippen LogP contribution in [0.4, 0.5) is 10.5 Å². The minimum Gasteiger partial charge on any atom is -0.316 e. The van der Waals surface area contributed by atoms with E-state index in [1.54, 1.807) is 24.3 Å². The molecular formula is C18H16ClN3OS. The van der Waals surface area contributed by atoms with Gasteiger partial charge < -0.3 is 10.2 Å². The first-order valence-electron chi connectivity index (χ1n) is 7.58. The lowest BCUT2D eigenvalue weighted by molar-refractivity contribution is 0.196. The average Bonchev–Trinajstić information content (AvgIpc) is 2.62. The van der Waals surface area contributed by atoms with E-state index in [1.165, 1.54) is 0 Å². The van der Waals surface area contributed by atoms with Gasteiger partial charge >= 0.3 is 6.03 Å². The Morgan fingerprint density at radius 2 is 2.08 bits per heavy atom. The number of anilines is 1. The van der Waals surface area contributed by atoms with Gasteiger partial charge in [-0.1, -0.05) is 29.8 Å². The molecule has 0 aromatic heterocycles. The number of carbonyl (C=O) groups excluding carboxylic acids is 1. The number of nitrogens with one attached hydrogen (secondary N) is 1. The summed E-state index contributed by atoms with van der Waals surface area (Å²) in [6.07, 6.45) is 0. The van der Waals surface area contributed by atoms with Gasteiger partial charge in [0.1, 0.15) is 0 Å². The number of amides is 2. The molecule has 0 radical (unpaired) electrons. The molecular weight excluding hydrogens is 342 g/mol. The van der Waals surface area contributed by atoms with Crippen LogP contribution in [0.5, 0.6) is 0 Å². The molecule has 0 aliphatic carbocycles. The maximum Gasteiger partial charge on any atom is 0.322 e. The Hall–Kier alpha value is -2.16. The number of nitriles is 1. The summed E-state index contributed by atoms with van der Waals surface area (Å²) in [6, 6.07) is 16.5. The van der Waals surface area contributed by atoms with Gasteiger partial charge in [-0.15, -0.1) is 0 Å². The van der Waals surface area contributed by atoms with E-state index in [1.807, 2.05) is 40.9 Å². The Balaban J connectivity index is 1.78. The minimum atomic E-state index is -0.148. The number of hydrogen-bond donors (Lipinski definition) is 1. The SMILES string of the molecule is N#Cc1cccc(NC(=O)N2CCSC[C@H]2c2ccc(Cl)cc2)c1. The van der Waals surface area contributed by atoms with Crippen molar-refractivity contribution in [3.05, 3.63) is 64.7 Å². The van der Waals surface area contributed by atoms with Gasteiger partial charge in [-0.25, -0.2) is 4.79 Å². The number of rotatable bonds is 2. The molecule has 122 valence electrons. The fourth-order valence-electron chi connectivity index (χ4n) is 2.67. The molecule has 0 bridgehead atoms. The Morgan fingerprint density at radius 1 is 1.29 bits per heavy atom. The monoisotopic (exact) mass is 357 g/mol. The quantitative estimate of drug-likeness (QED) is 0.858. The highest BCUT2D eigenvalue weighted by Crippen LogP contribution is 2.30. The van der Waals surface area contributed by atoms with E-state index >= 15 is 0 Å². The molecule has 1 heterocycles. The third kappa shape index (κ3) is 3.84. The first kappa shape index (κ1) is 16.7. The normalized spacial score (nSPS) is 17.2. The molecule has 3 rings (SSSR count). The first-order chi connectivity index (χ1) is 11.7. The largest absolute Gasteiger partial charge is 0.322 e. The molecule has 0 unspecified atom stereocenters. The van der Waals surface area contributed by atoms with E-state index in [4.69, 9.17) is 16.9 Å². The number of nitrogens with zero attached hydrogens (tertiary/aromatic N) is 2. The topological polar surface area (TPSA) is 56.1 Å². The molecule has 1 aliphatic rings. The second kappa shape index (κ2) is 7.61. The standard InChI is InChI=1S/C18H16ClN3OS/c19-15-6-4-14(5-7-15)17-12-24-9-8-22(17)18(23)21-16-3-1-2-13(10-16)11-20/h1-7,10,17H,8-9,12H2,(H,21,23)/t17-/m0/s1. The van der Waals surface area contributed by atoms with Crippen molar-refractivity contribution in [1.82, 2.24) is 4.90 Å². The summed E-state index contributed by atoms with van der Waals surface area (Å²) in [4.78, 5) is 14.6. The van der Waals surface area contributed by atoms with Gasteiger partial charge in [-0.05, 0) is 35.9 Å². The van der Waals surface area contributed by atoms with Gasteiger partial charge in [0, 0.05) is 28.8 Å². The highest BCUT2D eigenvalue weighted by Gasteiger charge is 2.28. The summed E-state index contributed by atoms with van der Waals surface area (Å²) < 4.78 is 0. The molecule has 6 heteroatoms. The smallest absolute Gasteiger partial charge is 0.316 e. The minimum absolute atomic E-state index is 0.0140. The van der Waals surface area contributed by atoms with E-state index in [2.05, 4.69) is 11.4 Å². The number of halogens is 1. The van der Waals surface area contributed by atoms with Crippen molar-refractivity contribution in [2.24, 2.45) is 0 Å². The lowest BCUT2D eigenvalue weighted by Crippen LogP contribution is -2.43. The lowest BCUT2D eigenvalue weighted by Gasteiger charge is -2.35. The molecule has 0 saturated carbocycles. The van der Waals surface area contributed by atoms with Crippen LogP contribution in [-0.2, 0) is 0 Å². The summed E-state index contributed by atoms with van der Waals surface area (Å²) in [5.41, 5.74) is 2.23. The number of carbonyl (C=O) groups is 1. The molecule has 2 aromatic carbocycles. The molecule has 2 aromatic rings. The fraction of sp³-hybridized carbons (Fsp3) is 0.222. The fourth-order valence-corrected chi connectivity index (χ4v) is 3.88. The van der Waals surface area contributed by atoms with Crippen LogP contribution in [-0.4, -0.2) is 29.0 Å². The van der Waals surface area contributed by atoms with E-state index in [-0.39, 0.29) is 12.1 Å². The molecule has 1 aliphatic heterocycles. The second-order valence-electron chi connectivity index (χ2n) is 5.46. The number of thioether (sulfide) groups is 1. The summed E-state index contributed by atoms with van der Waals surface area (Å²) in [6.45, 7) is 0.682. The van der Waals surface area contributed by atoms with Crippen LogP contribution in [0.15, 0.2) is 48.5 Å². The highest BCUT2D eigenvalue weighted by molar-refractivity contribution is 7.99. The highest BCUT2D eigenvalue weighted by atomic mass is 35.5. The molecule has 24 heavy (non-hydrogen) atoms. The van der Waals surface area contributed by atoms with Crippen LogP contribution in [0.3, 0.4) is 0 Å². The zero-order valence-electron chi connectivity index (χ0n) is 12.9. The zero-order chi connectivity index (χ0) is 16.9.